The molecule has 5 aliphatic rings. The number of hydrogen-bond acceptors (Lipinski definition) is 2. The molecule has 1 heterocycles. The maximum absolute atomic E-state index is 13.8. The van der Waals surface area contributed by atoms with Gasteiger partial charge in [-0.2, -0.15) is 0 Å². The Labute approximate surface area is 161 Å². The highest BCUT2D eigenvalue weighted by molar-refractivity contribution is 6.80. The Balaban J connectivity index is 1.57. The van der Waals surface area contributed by atoms with Crippen LogP contribution in [0.2, 0.25) is 24.7 Å². The lowest BCUT2D eigenvalue weighted by molar-refractivity contribution is -0.124. The number of benzene rings is 1. The molecule has 4 fully saturated rings. The van der Waals surface area contributed by atoms with Gasteiger partial charge in [0, 0.05) is 5.41 Å². The summed E-state index contributed by atoms with van der Waals surface area (Å²) in [5, 5.41) is -0.0372. The molecule has 0 aromatic heterocycles. The normalized spacial score (nSPS) is 44.1. The highest BCUT2D eigenvalue weighted by Crippen LogP contribution is 2.83. The molecule has 3 saturated carbocycles. The monoisotopic (exact) mass is 377 g/mol. The van der Waals surface area contributed by atoms with E-state index in [1.165, 1.54) is 19.3 Å². The predicted octanol–water partition coefficient (Wildman–Crippen LogP) is 4.63. The molecule has 140 valence electrons. The first-order valence-corrected chi connectivity index (χ1v) is 14.0. The first kappa shape index (κ1) is 16.3. The number of fused-ring (bicyclic) bond motifs is 6. The van der Waals surface area contributed by atoms with Crippen molar-refractivity contribution in [3.05, 3.63) is 42.0 Å². The van der Waals surface area contributed by atoms with Gasteiger partial charge in [-0.15, -0.1) is 0 Å². The SMILES string of the molecule is C[Si](C)(C)C12C=C3C4CCC(C4)C3(C1)C1C(=O)N(c3ccccc3)C(=O)C12. The topological polar surface area (TPSA) is 37.4 Å². The summed E-state index contributed by atoms with van der Waals surface area (Å²) in [6.07, 6.45) is 7.46. The minimum Gasteiger partial charge on any atom is -0.274 e. The van der Waals surface area contributed by atoms with Crippen molar-refractivity contribution in [3.8, 4) is 0 Å². The summed E-state index contributed by atoms with van der Waals surface area (Å²) >= 11 is 0. The van der Waals surface area contributed by atoms with Gasteiger partial charge in [0.1, 0.15) is 0 Å². The second-order valence-electron chi connectivity index (χ2n) is 10.6. The van der Waals surface area contributed by atoms with Gasteiger partial charge in [-0.05, 0) is 54.7 Å². The molecule has 6 unspecified atom stereocenters. The van der Waals surface area contributed by atoms with Crippen LogP contribution in [-0.2, 0) is 9.59 Å². The number of imide groups is 1. The van der Waals surface area contributed by atoms with Crippen LogP contribution in [0.1, 0.15) is 25.7 Å². The van der Waals surface area contributed by atoms with Crippen molar-refractivity contribution in [2.75, 3.05) is 4.90 Å². The molecule has 6 atom stereocenters. The van der Waals surface area contributed by atoms with Crippen molar-refractivity contribution in [1.82, 2.24) is 0 Å². The fourth-order valence-corrected chi connectivity index (χ4v) is 10.5. The Morgan fingerprint density at radius 1 is 1.00 bits per heavy atom. The van der Waals surface area contributed by atoms with Gasteiger partial charge in [-0.3, -0.25) is 14.5 Å². The lowest BCUT2D eigenvalue weighted by Crippen LogP contribution is -2.45. The van der Waals surface area contributed by atoms with E-state index in [1.807, 2.05) is 30.3 Å². The second kappa shape index (κ2) is 4.65. The van der Waals surface area contributed by atoms with Crippen molar-refractivity contribution < 1.29 is 9.59 Å². The zero-order chi connectivity index (χ0) is 18.8. The van der Waals surface area contributed by atoms with Crippen LogP contribution in [0.4, 0.5) is 5.69 Å². The maximum atomic E-state index is 13.8. The summed E-state index contributed by atoms with van der Waals surface area (Å²) in [5.74, 6) is 1.24. The zero-order valence-corrected chi connectivity index (χ0v) is 17.4. The summed E-state index contributed by atoms with van der Waals surface area (Å²) < 4.78 is 0. The van der Waals surface area contributed by atoms with E-state index in [2.05, 4.69) is 25.7 Å². The number of carbonyl (C=O) groups excluding carboxylic acids is 2. The van der Waals surface area contributed by atoms with Crippen LogP contribution in [0.15, 0.2) is 42.0 Å². The third-order valence-electron chi connectivity index (χ3n) is 8.96. The van der Waals surface area contributed by atoms with Crippen LogP contribution in [0.5, 0.6) is 0 Å². The van der Waals surface area contributed by atoms with Gasteiger partial charge < -0.3 is 0 Å². The van der Waals surface area contributed by atoms with Crippen LogP contribution in [0.3, 0.4) is 0 Å². The lowest BCUT2D eigenvalue weighted by atomic mass is 9.63. The molecule has 4 heteroatoms. The molecule has 0 N–H and O–H groups in total. The van der Waals surface area contributed by atoms with Crippen molar-refractivity contribution in [1.29, 1.82) is 0 Å². The van der Waals surface area contributed by atoms with Crippen molar-refractivity contribution in [2.45, 2.75) is 50.4 Å². The zero-order valence-electron chi connectivity index (χ0n) is 16.4. The van der Waals surface area contributed by atoms with Crippen LogP contribution in [-0.4, -0.2) is 19.9 Å². The first-order chi connectivity index (χ1) is 12.8. The highest BCUT2D eigenvalue weighted by atomic mass is 28.3. The average molecular weight is 378 g/mol. The smallest absolute Gasteiger partial charge is 0.238 e. The van der Waals surface area contributed by atoms with E-state index in [0.717, 1.165) is 12.1 Å². The van der Waals surface area contributed by atoms with Gasteiger partial charge >= 0.3 is 0 Å². The lowest BCUT2D eigenvalue weighted by Gasteiger charge is -2.42. The standard InChI is InChI=1S/C23H27NO2Si/c1-27(2,3)22-12-17-14-9-10-15(11-14)23(17,13-22)19-18(22)20(25)24(21(19)26)16-7-5-4-6-8-16/h4-8,12,14-15,18-19H,9-11,13H2,1-3H3. The van der Waals surface area contributed by atoms with Crippen molar-refractivity contribution in [3.63, 3.8) is 0 Å². The minimum atomic E-state index is -1.70. The van der Waals surface area contributed by atoms with E-state index in [-0.39, 0.29) is 34.1 Å². The van der Waals surface area contributed by atoms with Gasteiger partial charge in [0.05, 0.1) is 25.6 Å². The molecule has 0 radical (unpaired) electrons. The molecule has 6 rings (SSSR count). The van der Waals surface area contributed by atoms with Crippen LogP contribution < -0.4 is 4.90 Å². The number of carbonyl (C=O) groups is 2. The van der Waals surface area contributed by atoms with Crippen molar-refractivity contribution in [2.24, 2.45) is 29.1 Å². The molecule has 1 aromatic carbocycles. The molecule has 1 aliphatic heterocycles. The number of allylic oxidation sites excluding steroid dienone is 2. The van der Waals surface area contributed by atoms with E-state index in [1.54, 1.807) is 10.5 Å². The molecule has 1 spiro atoms. The largest absolute Gasteiger partial charge is 0.274 e. The second-order valence-corrected chi connectivity index (χ2v) is 16.0. The molecule has 2 amide bonds. The number of para-hydroxylation sites is 1. The fourth-order valence-electron chi connectivity index (χ4n) is 7.89. The summed E-state index contributed by atoms with van der Waals surface area (Å²) in [7, 11) is -1.70. The Hall–Kier alpha value is -1.68. The molecular formula is C23H27NO2Si. The van der Waals surface area contributed by atoms with E-state index in [4.69, 9.17) is 0 Å². The Bertz CT molecular complexity index is 916. The summed E-state index contributed by atoms with van der Waals surface area (Å²) in [5.41, 5.74) is 2.36. The Morgan fingerprint density at radius 3 is 2.41 bits per heavy atom. The molecule has 3 nitrogen and oxygen atoms in total. The molecule has 4 bridgehead atoms. The number of amides is 2. The third-order valence-corrected chi connectivity index (χ3v) is 12.4. The first-order valence-electron chi connectivity index (χ1n) is 10.5. The molecule has 1 saturated heterocycles. The van der Waals surface area contributed by atoms with E-state index < -0.39 is 8.07 Å². The molecule has 27 heavy (non-hydrogen) atoms. The minimum absolute atomic E-state index is 0.00410. The maximum Gasteiger partial charge on any atom is 0.238 e. The quantitative estimate of drug-likeness (QED) is 0.428. The van der Waals surface area contributed by atoms with Crippen molar-refractivity contribution >= 4 is 25.6 Å². The molecule has 4 aliphatic carbocycles. The molecule has 1 aromatic rings. The van der Waals surface area contributed by atoms with Gasteiger partial charge in [-0.25, -0.2) is 0 Å². The fraction of sp³-hybridized carbons (Fsp3) is 0.565. The van der Waals surface area contributed by atoms with Gasteiger partial charge in [0.15, 0.2) is 0 Å². The summed E-state index contributed by atoms with van der Waals surface area (Å²) in [6, 6.07) is 9.61. The number of anilines is 1. The van der Waals surface area contributed by atoms with E-state index >= 15 is 0 Å². The number of hydrogen-bond donors (Lipinski definition) is 0. The number of rotatable bonds is 2. The summed E-state index contributed by atoms with van der Waals surface area (Å²) in [4.78, 5) is 29.0. The van der Waals surface area contributed by atoms with Gasteiger partial charge in [0.25, 0.3) is 0 Å². The summed E-state index contributed by atoms with van der Waals surface area (Å²) in [6.45, 7) is 7.23. The van der Waals surface area contributed by atoms with Crippen LogP contribution in [0.25, 0.3) is 0 Å². The predicted molar refractivity (Wildman–Crippen MR) is 108 cm³/mol. The third kappa shape index (κ3) is 1.59. The molecular weight excluding hydrogens is 350 g/mol. The Kier molecular flexibility index (Phi) is 2.81. The Morgan fingerprint density at radius 2 is 1.70 bits per heavy atom. The van der Waals surface area contributed by atoms with Crippen LogP contribution >= 0.6 is 0 Å². The van der Waals surface area contributed by atoms with Gasteiger partial charge in [0.2, 0.25) is 11.8 Å². The van der Waals surface area contributed by atoms with Crippen LogP contribution in [0, 0.1) is 29.1 Å². The average Bonchev–Trinajstić information content (AvgIpc) is 3.38. The van der Waals surface area contributed by atoms with Gasteiger partial charge in [-0.1, -0.05) is 49.5 Å². The van der Waals surface area contributed by atoms with E-state index in [9.17, 15) is 9.59 Å². The van der Waals surface area contributed by atoms with E-state index in [0.29, 0.717) is 11.8 Å². The highest BCUT2D eigenvalue weighted by Gasteiger charge is 2.80. The number of nitrogens with zero attached hydrogens (tertiary/aromatic N) is 1.